The van der Waals surface area contributed by atoms with E-state index in [1.165, 1.54) is 11.1 Å². The van der Waals surface area contributed by atoms with Crippen LogP contribution in [0.1, 0.15) is 66.1 Å². The summed E-state index contributed by atoms with van der Waals surface area (Å²) in [6.07, 6.45) is 1.64. The van der Waals surface area contributed by atoms with Crippen LogP contribution < -0.4 is 5.73 Å². The first-order chi connectivity index (χ1) is 17.4. The molecule has 1 aromatic heterocycles. The van der Waals surface area contributed by atoms with Gasteiger partial charge in [0.15, 0.2) is 0 Å². The quantitative estimate of drug-likeness (QED) is 0.295. The summed E-state index contributed by atoms with van der Waals surface area (Å²) < 4.78 is 2.31. The molecule has 188 valence electrons. The predicted octanol–water partition coefficient (Wildman–Crippen LogP) is 6.14. The number of para-hydroxylation sites is 1. The van der Waals surface area contributed by atoms with Crippen LogP contribution in [0.5, 0.6) is 0 Å². The highest BCUT2D eigenvalue weighted by Gasteiger charge is 2.33. The second kappa shape index (κ2) is 11.5. The first-order valence-corrected chi connectivity index (χ1v) is 13.0. The topological polar surface area (TPSA) is 64.2 Å². The Morgan fingerprint density at radius 3 is 2.36 bits per heavy atom. The summed E-state index contributed by atoms with van der Waals surface area (Å²) in [6.45, 7) is 10.4. The van der Waals surface area contributed by atoms with E-state index >= 15 is 0 Å². The Bertz CT molecular complexity index is 1290. The fourth-order valence-electron chi connectivity index (χ4n) is 4.95. The number of imidazole rings is 1. The lowest BCUT2D eigenvalue weighted by Crippen LogP contribution is -2.40. The second-order valence-electron chi connectivity index (χ2n) is 9.88. The van der Waals surface area contributed by atoms with E-state index in [0.29, 0.717) is 25.2 Å². The maximum atomic E-state index is 13.9. The van der Waals surface area contributed by atoms with Gasteiger partial charge in [-0.15, -0.1) is 0 Å². The van der Waals surface area contributed by atoms with Gasteiger partial charge >= 0.3 is 0 Å². The number of aromatic nitrogens is 2. The van der Waals surface area contributed by atoms with Crippen LogP contribution in [-0.2, 0) is 13.0 Å². The van der Waals surface area contributed by atoms with Crippen LogP contribution in [0.2, 0.25) is 0 Å². The van der Waals surface area contributed by atoms with E-state index < -0.39 is 0 Å². The number of amides is 1. The maximum absolute atomic E-state index is 13.9. The Kier molecular flexibility index (Phi) is 8.21. The molecule has 0 radical (unpaired) electrons. The van der Waals surface area contributed by atoms with Crippen molar-refractivity contribution in [3.63, 3.8) is 0 Å². The van der Waals surface area contributed by atoms with Crippen molar-refractivity contribution in [1.29, 1.82) is 0 Å². The molecule has 0 unspecified atom stereocenters. The van der Waals surface area contributed by atoms with Gasteiger partial charge < -0.3 is 15.2 Å². The average Bonchev–Trinajstić information content (AvgIpc) is 3.24. The zero-order valence-corrected chi connectivity index (χ0v) is 21.9. The van der Waals surface area contributed by atoms with Gasteiger partial charge in [-0.05, 0) is 61.6 Å². The summed E-state index contributed by atoms with van der Waals surface area (Å²) in [7, 11) is 0. The van der Waals surface area contributed by atoms with Gasteiger partial charge in [0.25, 0.3) is 5.91 Å². The molecule has 0 fully saturated rings. The number of hydrogen-bond acceptors (Lipinski definition) is 3. The number of hydrogen-bond donors (Lipinski definition) is 1. The van der Waals surface area contributed by atoms with Crippen molar-refractivity contribution in [2.75, 3.05) is 13.1 Å². The van der Waals surface area contributed by atoms with E-state index in [-0.39, 0.29) is 17.9 Å². The average molecular weight is 483 g/mol. The summed E-state index contributed by atoms with van der Waals surface area (Å²) in [4.78, 5) is 21.2. The number of nitrogens with two attached hydrogens (primary N) is 1. The number of aryl methyl sites for hydroxylation is 2. The summed E-state index contributed by atoms with van der Waals surface area (Å²) >= 11 is 0. The minimum absolute atomic E-state index is 0.0242. The Morgan fingerprint density at radius 1 is 1.00 bits per heavy atom. The Hall–Kier alpha value is -3.44. The van der Waals surface area contributed by atoms with E-state index in [9.17, 15) is 4.79 Å². The molecule has 4 rings (SSSR count). The third kappa shape index (κ3) is 5.36. The Morgan fingerprint density at radius 2 is 1.72 bits per heavy atom. The van der Waals surface area contributed by atoms with Gasteiger partial charge in [-0.25, -0.2) is 4.98 Å². The Balaban J connectivity index is 1.88. The standard InChI is InChI=1S/C31H38N4O/c1-5-25-13-9-14-27-28(25)33-30(35(27)21-24-11-7-6-8-12-24)29(22(2)3)34(20-10-19-32)31(36)26-17-15-23(4)16-18-26/h6-9,11-18,22,29H,5,10,19-21,32H2,1-4H3/t29-/m1/s1. The largest absolute Gasteiger partial charge is 0.330 e. The zero-order valence-electron chi connectivity index (χ0n) is 21.9. The molecule has 0 aliphatic rings. The lowest BCUT2D eigenvalue weighted by atomic mass is 9.99. The molecule has 1 atom stereocenters. The predicted molar refractivity (Wildman–Crippen MR) is 148 cm³/mol. The van der Waals surface area contributed by atoms with Crippen LogP contribution in [0.25, 0.3) is 11.0 Å². The fourth-order valence-corrected chi connectivity index (χ4v) is 4.95. The third-order valence-electron chi connectivity index (χ3n) is 6.85. The number of nitrogens with zero attached hydrogens (tertiary/aromatic N) is 3. The van der Waals surface area contributed by atoms with Crippen molar-refractivity contribution in [1.82, 2.24) is 14.5 Å². The lowest BCUT2D eigenvalue weighted by Gasteiger charge is -2.34. The van der Waals surface area contributed by atoms with E-state index in [1.807, 2.05) is 42.2 Å². The zero-order chi connectivity index (χ0) is 25.7. The van der Waals surface area contributed by atoms with Gasteiger partial charge in [0, 0.05) is 18.7 Å². The van der Waals surface area contributed by atoms with Crippen LogP contribution in [-0.4, -0.2) is 33.4 Å². The van der Waals surface area contributed by atoms with Crippen LogP contribution in [0.3, 0.4) is 0 Å². The number of rotatable bonds is 10. The van der Waals surface area contributed by atoms with Crippen LogP contribution in [0.4, 0.5) is 0 Å². The molecule has 0 saturated heterocycles. The molecule has 2 N–H and O–H groups in total. The molecular weight excluding hydrogens is 444 g/mol. The molecule has 5 nitrogen and oxygen atoms in total. The molecule has 0 saturated carbocycles. The molecule has 5 heteroatoms. The van der Waals surface area contributed by atoms with Gasteiger partial charge in [-0.2, -0.15) is 0 Å². The van der Waals surface area contributed by atoms with E-state index in [2.05, 4.69) is 67.8 Å². The van der Waals surface area contributed by atoms with Crippen molar-refractivity contribution < 1.29 is 4.79 Å². The third-order valence-corrected chi connectivity index (χ3v) is 6.85. The van der Waals surface area contributed by atoms with Gasteiger partial charge in [0.05, 0.1) is 17.1 Å². The van der Waals surface area contributed by atoms with Crippen molar-refractivity contribution in [2.24, 2.45) is 11.7 Å². The normalized spacial score (nSPS) is 12.3. The van der Waals surface area contributed by atoms with Crippen molar-refractivity contribution in [3.8, 4) is 0 Å². The molecule has 0 aliphatic carbocycles. The van der Waals surface area contributed by atoms with Crippen molar-refractivity contribution in [3.05, 3.63) is 101 Å². The SMILES string of the molecule is CCc1cccc2c1nc([C@@H](C(C)C)N(CCCN)C(=O)c1ccc(C)cc1)n2Cc1ccccc1. The molecule has 3 aromatic carbocycles. The first kappa shape index (κ1) is 25.6. The highest BCUT2D eigenvalue weighted by Crippen LogP contribution is 2.34. The number of benzene rings is 3. The smallest absolute Gasteiger partial charge is 0.254 e. The fraction of sp³-hybridized carbons (Fsp3) is 0.355. The number of fused-ring (bicyclic) bond motifs is 1. The van der Waals surface area contributed by atoms with E-state index in [1.54, 1.807) is 0 Å². The highest BCUT2D eigenvalue weighted by molar-refractivity contribution is 5.94. The molecule has 1 heterocycles. The van der Waals surface area contributed by atoms with E-state index in [4.69, 9.17) is 10.7 Å². The number of carbonyl (C=O) groups excluding carboxylic acids is 1. The minimum atomic E-state index is -0.189. The summed E-state index contributed by atoms with van der Waals surface area (Å²) in [5.74, 6) is 1.12. The van der Waals surface area contributed by atoms with Crippen molar-refractivity contribution in [2.45, 2.75) is 53.1 Å². The van der Waals surface area contributed by atoms with Crippen LogP contribution in [0.15, 0.2) is 72.8 Å². The molecular formula is C31H38N4O. The minimum Gasteiger partial charge on any atom is -0.330 e. The van der Waals surface area contributed by atoms with Crippen LogP contribution in [0, 0.1) is 12.8 Å². The molecule has 0 aliphatic heterocycles. The number of carbonyl (C=O) groups is 1. The maximum Gasteiger partial charge on any atom is 0.254 e. The van der Waals surface area contributed by atoms with Gasteiger partial charge in [0.2, 0.25) is 0 Å². The van der Waals surface area contributed by atoms with Gasteiger partial charge in [0.1, 0.15) is 5.82 Å². The van der Waals surface area contributed by atoms with Crippen molar-refractivity contribution >= 4 is 16.9 Å². The first-order valence-electron chi connectivity index (χ1n) is 13.0. The second-order valence-corrected chi connectivity index (χ2v) is 9.88. The monoisotopic (exact) mass is 482 g/mol. The van der Waals surface area contributed by atoms with E-state index in [0.717, 1.165) is 35.3 Å². The molecule has 0 bridgehead atoms. The van der Waals surface area contributed by atoms with Gasteiger partial charge in [-0.3, -0.25) is 4.79 Å². The summed E-state index contributed by atoms with van der Waals surface area (Å²) in [5.41, 5.74) is 12.3. The highest BCUT2D eigenvalue weighted by atomic mass is 16.2. The lowest BCUT2D eigenvalue weighted by molar-refractivity contribution is 0.0605. The van der Waals surface area contributed by atoms with Gasteiger partial charge in [-0.1, -0.05) is 80.9 Å². The molecule has 36 heavy (non-hydrogen) atoms. The molecule has 0 spiro atoms. The Labute approximate surface area is 215 Å². The summed E-state index contributed by atoms with van der Waals surface area (Å²) in [6, 6.07) is 24.5. The summed E-state index contributed by atoms with van der Waals surface area (Å²) in [5, 5.41) is 0. The molecule has 4 aromatic rings. The molecule has 1 amide bonds. The van der Waals surface area contributed by atoms with Crippen LogP contribution >= 0.6 is 0 Å².